The van der Waals surface area contributed by atoms with Crippen molar-refractivity contribution in [1.82, 2.24) is 15.2 Å². The quantitative estimate of drug-likeness (QED) is 0.480. The molecule has 2 aromatic carbocycles. The van der Waals surface area contributed by atoms with Crippen LogP contribution in [0.4, 0.5) is 4.39 Å². The van der Waals surface area contributed by atoms with Crippen LogP contribution in [0.25, 0.3) is 10.9 Å². The third-order valence-electron chi connectivity index (χ3n) is 7.58. The zero-order valence-electron chi connectivity index (χ0n) is 21.4. The highest BCUT2D eigenvalue weighted by atomic mass is 19.1. The molecule has 1 N–H and O–H groups in total. The van der Waals surface area contributed by atoms with E-state index in [1.807, 2.05) is 18.2 Å². The van der Waals surface area contributed by atoms with E-state index in [9.17, 15) is 9.65 Å². The van der Waals surface area contributed by atoms with Gasteiger partial charge in [0.15, 0.2) is 11.5 Å². The Morgan fingerprint density at radius 1 is 1.19 bits per heavy atom. The highest BCUT2D eigenvalue weighted by Crippen LogP contribution is 2.33. The second-order valence-electron chi connectivity index (χ2n) is 9.86. The summed E-state index contributed by atoms with van der Waals surface area (Å²) in [5.74, 6) is 1.58. The number of likely N-dealkylation sites (N-methyl/N-ethyl adjacent to an activating group) is 1. The Hall–Kier alpha value is -3.41. The van der Waals surface area contributed by atoms with Gasteiger partial charge in [0.25, 0.3) is 0 Å². The van der Waals surface area contributed by atoms with Gasteiger partial charge >= 0.3 is 0 Å². The number of nitrogens with one attached hydrogen (secondary N) is 1. The lowest BCUT2D eigenvalue weighted by Gasteiger charge is -2.36. The molecule has 2 unspecified atom stereocenters. The van der Waals surface area contributed by atoms with E-state index >= 15 is 0 Å². The van der Waals surface area contributed by atoms with Crippen LogP contribution < -0.4 is 19.5 Å². The molecule has 2 heterocycles. The number of methoxy groups -OCH3 is 1. The molecular weight excluding hydrogens is 471 g/mol. The number of hydrogen-bond acceptors (Lipinski definition) is 7. The number of halogens is 1. The monoisotopic (exact) mass is 504 g/mol. The van der Waals surface area contributed by atoms with Crippen LogP contribution in [-0.4, -0.2) is 55.9 Å². The lowest BCUT2D eigenvalue weighted by Crippen LogP contribution is -2.43. The summed E-state index contributed by atoms with van der Waals surface area (Å²) in [7, 11) is 3.80. The molecule has 0 spiro atoms. The molecule has 0 saturated heterocycles. The van der Waals surface area contributed by atoms with Crippen LogP contribution >= 0.6 is 0 Å². The van der Waals surface area contributed by atoms with Crippen LogP contribution in [0.3, 0.4) is 0 Å². The van der Waals surface area contributed by atoms with Crippen molar-refractivity contribution in [3.05, 3.63) is 59.0 Å². The van der Waals surface area contributed by atoms with Crippen LogP contribution in [0.15, 0.2) is 36.5 Å². The average Bonchev–Trinajstić information content (AvgIpc) is 2.94. The molecule has 37 heavy (non-hydrogen) atoms. The fourth-order valence-electron chi connectivity index (χ4n) is 5.44. The van der Waals surface area contributed by atoms with E-state index in [1.165, 1.54) is 6.07 Å². The summed E-state index contributed by atoms with van der Waals surface area (Å²) in [6.07, 6.45) is 6.74. The third-order valence-corrected chi connectivity index (χ3v) is 7.58. The maximum absolute atomic E-state index is 14.6. The van der Waals surface area contributed by atoms with Crippen LogP contribution in [0.1, 0.15) is 42.4 Å². The SMILES string of the molecule is COc1ccc2ncc(C#N)c(CCN(C)C3CCCC(NCc4cc5c(cc4F)OCCO5)C3)c2c1. The summed E-state index contributed by atoms with van der Waals surface area (Å²) in [4.78, 5) is 6.84. The number of pyridine rings is 1. The lowest BCUT2D eigenvalue weighted by atomic mass is 9.89. The molecule has 0 radical (unpaired) electrons. The maximum Gasteiger partial charge on any atom is 0.164 e. The molecule has 5 rings (SSSR count). The largest absolute Gasteiger partial charge is 0.497 e. The first-order chi connectivity index (χ1) is 18.1. The summed E-state index contributed by atoms with van der Waals surface area (Å²) in [6.45, 7) is 2.23. The number of aromatic nitrogens is 1. The van der Waals surface area contributed by atoms with Crippen LogP contribution in [0, 0.1) is 17.1 Å². The Balaban J connectivity index is 1.21. The van der Waals surface area contributed by atoms with Crippen molar-refractivity contribution in [3.63, 3.8) is 0 Å². The summed E-state index contributed by atoms with van der Waals surface area (Å²) < 4.78 is 31.1. The Morgan fingerprint density at radius 2 is 2.00 bits per heavy atom. The van der Waals surface area contributed by atoms with Crippen molar-refractivity contribution < 1.29 is 18.6 Å². The second-order valence-corrected chi connectivity index (χ2v) is 9.86. The van der Waals surface area contributed by atoms with Crippen molar-refractivity contribution in [3.8, 4) is 23.3 Å². The molecule has 2 atom stereocenters. The summed E-state index contributed by atoms with van der Waals surface area (Å²) in [5.41, 5.74) is 3.09. The molecular formula is C29H33FN4O3. The van der Waals surface area contributed by atoms with Gasteiger partial charge in [0.2, 0.25) is 0 Å². The smallest absolute Gasteiger partial charge is 0.164 e. The Labute approximate surface area is 217 Å². The molecule has 8 heteroatoms. The third kappa shape index (κ3) is 5.63. The first-order valence-electron chi connectivity index (χ1n) is 12.9. The highest BCUT2D eigenvalue weighted by molar-refractivity contribution is 5.85. The fourth-order valence-corrected chi connectivity index (χ4v) is 5.44. The molecule has 2 aliphatic rings. The van der Waals surface area contributed by atoms with E-state index in [2.05, 4.69) is 28.3 Å². The number of ether oxygens (including phenoxy) is 3. The van der Waals surface area contributed by atoms with E-state index < -0.39 is 0 Å². The van der Waals surface area contributed by atoms with Crippen LogP contribution in [0.5, 0.6) is 17.2 Å². The molecule has 3 aromatic rings. The predicted octanol–water partition coefficient (Wildman–Crippen LogP) is 4.60. The molecule has 1 aliphatic carbocycles. The standard InChI is InChI=1S/C29H33FN4O3/c1-34(9-8-24-20(16-31)18-33-27-7-6-23(35-2)14-25(24)27)22-5-3-4-21(13-22)32-17-19-12-28-29(15-26(19)30)37-11-10-36-28/h6-7,12,14-15,18,21-22,32H,3-5,8-11,13,17H2,1-2H3. The van der Waals surface area contributed by atoms with Crippen molar-refractivity contribution >= 4 is 10.9 Å². The van der Waals surface area contributed by atoms with E-state index in [0.29, 0.717) is 54.5 Å². The zero-order valence-corrected chi connectivity index (χ0v) is 21.4. The summed E-state index contributed by atoms with van der Waals surface area (Å²) in [5, 5.41) is 14.2. The minimum atomic E-state index is -0.268. The number of rotatable bonds is 8. The van der Waals surface area contributed by atoms with Gasteiger partial charge in [-0.15, -0.1) is 0 Å². The van der Waals surface area contributed by atoms with E-state index in [-0.39, 0.29) is 5.82 Å². The van der Waals surface area contributed by atoms with Gasteiger partial charge in [-0.25, -0.2) is 4.39 Å². The summed E-state index contributed by atoms with van der Waals surface area (Å²) in [6, 6.07) is 12.0. The van der Waals surface area contributed by atoms with Crippen molar-refractivity contribution in [2.75, 3.05) is 33.9 Å². The van der Waals surface area contributed by atoms with E-state index in [1.54, 1.807) is 19.4 Å². The van der Waals surface area contributed by atoms with Gasteiger partial charge < -0.3 is 24.4 Å². The lowest BCUT2D eigenvalue weighted by molar-refractivity contribution is 0.168. The minimum Gasteiger partial charge on any atom is -0.497 e. The number of nitriles is 1. The predicted molar refractivity (Wildman–Crippen MR) is 140 cm³/mol. The van der Waals surface area contributed by atoms with E-state index in [0.717, 1.165) is 60.9 Å². The Kier molecular flexibility index (Phi) is 7.73. The topological polar surface area (TPSA) is 79.6 Å². The molecule has 0 amide bonds. The van der Waals surface area contributed by atoms with Gasteiger partial charge in [0.1, 0.15) is 30.8 Å². The molecule has 0 bridgehead atoms. The van der Waals surface area contributed by atoms with Crippen LogP contribution in [-0.2, 0) is 13.0 Å². The minimum absolute atomic E-state index is 0.268. The van der Waals surface area contributed by atoms with Gasteiger partial charge in [-0.3, -0.25) is 4.98 Å². The average molecular weight is 505 g/mol. The van der Waals surface area contributed by atoms with Gasteiger partial charge in [-0.1, -0.05) is 6.42 Å². The van der Waals surface area contributed by atoms with Crippen LogP contribution in [0.2, 0.25) is 0 Å². The molecule has 1 saturated carbocycles. The van der Waals surface area contributed by atoms with E-state index in [4.69, 9.17) is 14.2 Å². The van der Waals surface area contributed by atoms with Crippen molar-refractivity contribution in [2.24, 2.45) is 0 Å². The maximum atomic E-state index is 14.6. The number of fused-ring (bicyclic) bond motifs is 2. The zero-order chi connectivity index (χ0) is 25.8. The van der Waals surface area contributed by atoms with Crippen molar-refractivity contribution in [2.45, 2.75) is 50.7 Å². The molecule has 1 fully saturated rings. The first kappa shape index (κ1) is 25.2. The van der Waals surface area contributed by atoms with Gasteiger partial charge in [0.05, 0.1) is 18.2 Å². The normalized spacial score (nSPS) is 19.1. The number of hydrogen-bond donors (Lipinski definition) is 1. The molecule has 194 valence electrons. The number of benzene rings is 2. The molecule has 1 aromatic heterocycles. The molecule has 1 aliphatic heterocycles. The van der Waals surface area contributed by atoms with Gasteiger partial charge in [-0.2, -0.15) is 5.26 Å². The Morgan fingerprint density at radius 3 is 2.78 bits per heavy atom. The highest BCUT2D eigenvalue weighted by Gasteiger charge is 2.25. The second kappa shape index (κ2) is 11.3. The van der Waals surface area contributed by atoms with Crippen molar-refractivity contribution in [1.29, 1.82) is 5.26 Å². The fraction of sp³-hybridized carbons (Fsp3) is 0.448. The molecule has 7 nitrogen and oxygen atoms in total. The first-order valence-corrected chi connectivity index (χ1v) is 12.9. The number of nitrogens with zero attached hydrogens (tertiary/aromatic N) is 3. The van der Waals surface area contributed by atoms with Gasteiger partial charge in [0, 0.05) is 48.4 Å². The summed E-state index contributed by atoms with van der Waals surface area (Å²) >= 11 is 0. The van der Waals surface area contributed by atoms with Gasteiger partial charge in [-0.05, 0) is 62.6 Å². The Bertz CT molecular complexity index is 1310.